The van der Waals surface area contributed by atoms with Crippen LogP contribution in [-0.4, -0.2) is 55.5 Å². The van der Waals surface area contributed by atoms with E-state index < -0.39 is 0 Å². The number of hydrogen-bond acceptors (Lipinski definition) is 4. The molecular weight excluding hydrogens is 228 g/mol. The molecule has 2 saturated heterocycles. The Hall–Kier alpha value is -0.160. The Morgan fingerprint density at radius 3 is 2.56 bits per heavy atom. The Labute approximate surface area is 111 Å². The summed E-state index contributed by atoms with van der Waals surface area (Å²) >= 11 is 0. The summed E-state index contributed by atoms with van der Waals surface area (Å²) in [6.07, 6.45) is 2.59. The summed E-state index contributed by atoms with van der Waals surface area (Å²) in [4.78, 5) is 2.55. The molecule has 2 atom stereocenters. The average molecular weight is 256 g/mol. The molecular formula is C14H28N2O2. The first-order chi connectivity index (χ1) is 8.52. The maximum absolute atomic E-state index is 6.05. The summed E-state index contributed by atoms with van der Waals surface area (Å²) in [5, 5.41) is 0. The number of rotatable bonds is 3. The van der Waals surface area contributed by atoms with Crippen LogP contribution >= 0.6 is 0 Å². The molecule has 2 unspecified atom stereocenters. The van der Waals surface area contributed by atoms with Gasteiger partial charge in [0.15, 0.2) is 0 Å². The van der Waals surface area contributed by atoms with Crippen molar-refractivity contribution in [1.82, 2.24) is 4.90 Å². The minimum atomic E-state index is -0.0593. The minimum absolute atomic E-state index is 0.0593. The lowest BCUT2D eigenvalue weighted by Crippen LogP contribution is -2.58. The maximum atomic E-state index is 6.05. The van der Waals surface area contributed by atoms with Gasteiger partial charge in [0.25, 0.3) is 0 Å². The third-order valence-electron chi connectivity index (χ3n) is 4.12. The molecule has 4 heteroatoms. The van der Waals surface area contributed by atoms with Crippen LogP contribution in [0.4, 0.5) is 0 Å². The van der Waals surface area contributed by atoms with E-state index in [0.29, 0.717) is 18.1 Å². The van der Waals surface area contributed by atoms with E-state index in [9.17, 15) is 0 Å². The van der Waals surface area contributed by atoms with Gasteiger partial charge in [-0.3, -0.25) is 4.90 Å². The molecule has 2 fully saturated rings. The van der Waals surface area contributed by atoms with Crippen LogP contribution in [0.2, 0.25) is 0 Å². The van der Waals surface area contributed by atoms with Gasteiger partial charge >= 0.3 is 0 Å². The zero-order valence-corrected chi connectivity index (χ0v) is 12.0. The molecule has 0 spiro atoms. The molecule has 2 heterocycles. The molecule has 4 nitrogen and oxygen atoms in total. The number of morpholine rings is 1. The van der Waals surface area contributed by atoms with Crippen LogP contribution < -0.4 is 5.73 Å². The van der Waals surface area contributed by atoms with E-state index in [-0.39, 0.29) is 5.60 Å². The summed E-state index contributed by atoms with van der Waals surface area (Å²) in [7, 11) is 0. The normalized spacial score (nSPS) is 32.3. The average Bonchev–Trinajstić information content (AvgIpc) is 2.28. The smallest absolute Gasteiger partial charge is 0.0757 e. The van der Waals surface area contributed by atoms with Crippen LogP contribution in [0.25, 0.3) is 0 Å². The van der Waals surface area contributed by atoms with Crippen LogP contribution in [0.15, 0.2) is 0 Å². The zero-order valence-electron chi connectivity index (χ0n) is 12.0. The second kappa shape index (κ2) is 5.87. The van der Waals surface area contributed by atoms with Crippen molar-refractivity contribution in [2.75, 3.05) is 32.8 Å². The second-order valence-corrected chi connectivity index (χ2v) is 6.37. The lowest BCUT2D eigenvalue weighted by Gasteiger charge is -2.47. The lowest BCUT2D eigenvalue weighted by molar-refractivity contribution is -0.144. The van der Waals surface area contributed by atoms with Crippen LogP contribution in [-0.2, 0) is 9.47 Å². The fourth-order valence-electron chi connectivity index (χ4n) is 3.50. The van der Waals surface area contributed by atoms with Crippen LogP contribution in [0, 0.1) is 5.92 Å². The van der Waals surface area contributed by atoms with Crippen molar-refractivity contribution in [2.45, 2.75) is 51.4 Å². The molecule has 2 N–H and O–H groups in total. The molecule has 0 radical (unpaired) electrons. The Balaban J connectivity index is 2.01. The fourth-order valence-corrected chi connectivity index (χ4v) is 3.50. The number of hydrogen-bond donors (Lipinski definition) is 1. The Morgan fingerprint density at radius 1 is 1.33 bits per heavy atom. The molecule has 2 aliphatic heterocycles. The summed E-state index contributed by atoms with van der Waals surface area (Å²) in [5.41, 5.74) is 5.99. The van der Waals surface area contributed by atoms with Crippen molar-refractivity contribution >= 4 is 0 Å². The first-order valence-corrected chi connectivity index (χ1v) is 7.21. The number of nitrogens with two attached hydrogens (primary N) is 1. The van der Waals surface area contributed by atoms with E-state index in [1.165, 1.54) is 0 Å². The number of ether oxygens (including phenoxy) is 2. The first kappa shape index (κ1) is 14.3. The number of nitrogens with zero attached hydrogens (tertiary/aromatic N) is 1. The Morgan fingerprint density at radius 2 is 2.00 bits per heavy atom. The summed E-state index contributed by atoms with van der Waals surface area (Å²) in [6, 6.07) is 0.486. The predicted molar refractivity (Wildman–Crippen MR) is 72.6 cm³/mol. The van der Waals surface area contributed by atoms with Crippen LogP contribution in [0.1, 0.15) is 33.6 Å². The van der Waals surface area contributed by atoms with Crippen LogP contribution in [0.5, 0.6) is 0 Å². The highest BCUT2D eigenvalue weighted by atomic mass is 16.5. The first-order valence-electron chi connectivity index (χ1n) is 7.21. The summed E-state index contributed by atoms with van der Waals surface area (Å²) in [5.74, 6) is 0.685. The van der Waals surface area contributed by atoms with Crippen molar-refractivity contribution in [3.05, 3.63) is 0 Å². The van der Waals surface area contributed by atoms with Crippen molar-refractivity contribution in [2.24, 2.45) is 11.7 Å². The molecule has 0 aromatic rings. The topological polar surface area (TPSA) is 47.7 Å². The van der Waals surface area contributed by atoms with Crippen molar-refractivity contribution < 1.29 is 9.47 Å². The van der Waals surface area contributed by atoms with Gasteiger partial charge in [0, 0.05) is 38.9 Å². The third kappa shape index (κ3) is 3.44. The van der Waals surface area contributed by atoms with Gasteiger partial charge in [-0.15, -0.1) is 0 Å². The molecule has 2 rings (SSSR count). The van der Waals surface area contributed by atoms with Gasteiger partial charge < -0.3 is 15.2 Å². The monoisotopic (exact) mass is 256 g/mol. The molecule has 18 heavy (non-hydrogen) atoms. The van der Waals surface area contributed by atoms with Crippen molar-refractivity contribution in [3.63, 3.8) is 0 Å². The Bertz CT molecular complexity index is 265. The van der Waals surface area contributed by atoms with E-state index >= 15 is 0 Å². The highest BCUT2D eigenvalue weighted by molar-refractivity contribution is 4.90. The van der Waals surface area contributed by atoms with Gasteiger partial charge in [-0.05, 0) is 39.5 Å². The van der Waals surface area contributed by atoms with Gasteiger partial charge in [0.1, 0.15) is 0 Å². The standard InChI is InChI=1S/C14H28N2O2/c1-11-9-16(10-14(2,3)18-11)13(8-15)12-4-6-17-7-5-12/h11-13H,4-10,15H2,1-3H3. The van der Waals surface area contributed by atoms with E-state index in [4.69, 9.17) is 15.2 Å². The van der Waals surface area contributed by atoms with E-state index in [0.717, 1.165) is 45.7 Å². The van der Waals surface area contributed by atoms with Crippen LogP contribution in [0.3, 0.4) is 0 Å². The van der Waals surface area contributed by atoms with Crippen molar-refractivity contribution in [3.8, 4) is 0 Å². The molecule has 106 valence electrons. The quantitative estimate of drug-likeness (QED) is 0.825. The Kier molecular flexibility index (Phi) is 4.64. The van der Waals surface area contributed by atoms with Gasteiger partial charge in [-0.1, -0.05) is 0 Å². The third-order valence-corrected chi connectivity index (χ3v) is 4.12. The van der Waals surface area contributed by atoms with Gasteiger partial charge in [-0.2, -0.15) is 0 Å². The fraction of sp³-hybridized carbons (Fsp3) is 1.00. The van der Waals surface area contributed by atoms with Crippen molar-refractivity contribution in [1.29, 1.82) is 0 Å². The lowest BCUT2D eigenvalue weighted by atomic mass is 9.89. The summed E-state index contributed by atoms with van der Waals surface area (Å²) in [6.45, 7) is 11.0. The molecule has 0 aliphatic carbocycles. The molecule has 0 bridgehead atoms. The molecule has 0 amide bonds. The molecule has 0 aromatic heterocycles. The maximum Gasteiger partial charge on any atom is 0.0757 e. The SMILES string of the molecule is CC1CN(C(CN)C2CCOCC2)CC(C)(C)O1. The van der Waals surface area contributed by atoms with Gasteiger partial charge in [-0.25, -0.2) is 0 Å². The van der Waals surface area contributed by atoms with Gasteiger partial charge in [0.2, 0.25) is 0 Å². The van der Waals surface area contributed by atoms with E-state index in [2.05, 4.69) is 25.7 Å². The summed E-state index contributed by atoms with van der Waals surface area (Å²) < 4.78 is 11.4. The molecule has 0 aromatic carbocycles. The minimum Gasteiger partial charge on any atom is -0.381 e. The van der Waals surface area contributed by atoms with Gasteiger partial charge in [0.05, 0.1) is 11.7 Å². The van der Waals surface area contributed by atoms with E-state index in [1.54, 1.807) is 0 Å². The zero-order chi connectivity index (χ0) is 13.2. The second-order valence-electron chi connectivity index (χ2n) is 6.37. The largest absolute Gasteiger partial charge is 0.381 e. The van der Waals surface area contributed by atoms with E-state index in [1.807, 2.05) is 0 Å². The highest BCUT2D eigenvalue weighted by Crippen LogP contribution is 2.28. The molecule has 0 saturated carbocycles. The highest BCUT2D eigenvalue weighted by Gasteiger charge is 2.37. The molecule has 2 aliphatic rings. The predicted octanol–water partition coefficient (Wildman–Crippen LogP) is 1.24.